The molecule has 2 nitrogen and oxygen atoms in total. The Morgan fingerprint density at radius 3 is 1.98 bits per heavy atom. The standard InChI is InChI=1S/C38H35BN2/c1-26-12-11-17-31(22-26)41-35-21-20-27(2)23-33(35)39-32-18-9-10-19-34(32)40(30-15-7-4-8-16-30)36-24-29(25-37(41)38(36)39)28-13-5-3-6-14-28/h4,7-12,15-25,28H,3,5-6,13-14H2,1-2H3. The van der Waals surface area contributed by atoms with Crippen LogP contribution < -0.4 is 26.2 Å². The average Bonchev–Trinajstić information content (AvgIpc) is 3.01. The van der Waals surface area contributed by atoms with Crippen molar-refractivity contribution in [2.75, 3.05) is 9.80 Å². The highest BCUT2D eigenvalue weighted by molar-refractivity contribution is 7.00. The van der Waals surface area contributed by atoms with Crippen molar-refractivity contribution in [3.05, 3.63) is 126 Å². The highest BCUT2D eigenvalue weighted by Gasteiger charge is 2.43. The maximum Gasteiger partial charge on any atom is 0.252 e. The fourth-order valence-corrected chi connectivity index (χ4v) is 7.66. The van der Waals surface area contributed by atoms with Gasteiger partial charge in [0, 0.05) is 34.1 Å². The molecule has 0 saturated heterocycles. The number of para-hydroxylation sites is 2. The number of hydrogen-bond acceptors (Lipinski definition) is 2. The summed E-state index contributed by atoms with van der Waals surface area (Å²) in [5.41, 5.74) is 16.0. The van der Waals surface area contributed by atoms with Crippen LogP contribution in [0.25, 0.3) is 0 Å². The first-order valence-corrected chi connectivity index (χ1v) is 15.3. The van der Waals surface area contributed by atoms with Gasteiger partial charge in [0.25, 0.3) is 6.71 Å². The SMILES string of the molecule is Cc1cccc(N2c3ccc(C)cc3B3c4ccccc4N(c4ccccc4)c4cc(C5CCCCC5)cc2c43)c1. The molecular formula is C38H35BN2. The van der Waals surface area contributed by atoms with E-state index >= 15 is 0 Å². The van der Waals surface area contributed by atoms with Crippen molar-refractivity contribution >= 4 is 57.2 Å². The van der Waals surface area contributed by atoms with Gasteiger partial charge in [-0.1, -0.05) is 85.5 Å². The molecule has 2 aliphatic heterocycles. The van der Waals surface area contributed by atoms with Gasteiger partial charge in [0.1, 0.15) is 0 Å². The molecule has 41 heavy (non-hydrogen) atoms. The van der Waals surface area contributed by atoms with Gasteiger partial charge in [0.15, 0.2) is 0 Å². The number of anilines is 6. The Kier molecular flexibility index (Phi) is 5.81. The predicted molar refractivity (Wildman–Crippen MR) is 176 cm³/mol. The molecule has 200 valence electrons. The third-order valence-corrected chi connectivity index (χ3v) is 9.50. The van der Waals surface area contributed by atoms with Crippen molar-refractivity contribution in [2.45, 2.75) is 51.9 Å². The summed E-state index contributed by atoms with van der Waals surface area (Å²) in [7, 11) is 0. The highest BCUT2D eigenvalue weighted by atomic mass is 15.2. The molecule has 0 spiro atoms. The molecule has 0 unspecified atom stereocenters. The molecule has 5 aromatic carbocycles. The normalized spacial score (nSPS) is 15.8. The molecule has 0 amide bonds. The molecule has 3 aliphatic rings. The Hall–Kier alpha value is -4.24. The third-order valence-electron chi connectivity index (χ3n) is 9.50. The summed E-state index contributed by atoms with van der Waals surface area (Å²) in [5, 5.41) is 0. The van der Waals surface area contributed by atoms with Gasteiger partial charge in [0.05, 0.1) is 0 Å². The molecule has 3 heteroatoms. The second-order valence-corrected chi connectivity index (χ2v) is 12.2. The fraction of sp³-hybridized carbons (Fsp3) is 0.211. The van der Waals surface area contributed by atoms with Crippen LogP contribution in [0.4, 0.5) is 34.1 Å². The van der Waals surface area contributed by atoms with E-state index in [2.05, 4.69) is 133 Å². The monoisotopic (exact) mass is 530 g/mol. The number of fused-ring (bicyclic) bond motifs is 4. The quantitative estimate of drug-likeness (QED) is 0.212. The van der Waals surface area contributed by atoms with E-state index in [1.807, 2.05) is 0 Å². The van der Waals surface area contributed by atoms with Gasteiger partial charge in [0.2, 0.25) is 0 Å². The van der Waals surface area contributed by atoms with Crippen LogP contribution in [-0.2, 0) is 0 Å². The molecule has 1 saturated carbocycles. The van der Waals surface area contributed by atoms with E-state index < -0.39 is 0 Å². The van der Waals surface area contributed by atoms with Gasteiger partial charge in [-0.25, -0.2) is 0 Å². The lowest BCUT2D eigenvalue weighted by Gasteiger charge is -2.45. The molecule has 0 N–H and O–H groups in total. The van der Waals surface area contributed by atoms with Crippen molar-refractivity contribution in [3.63, 3.8) is 0 Å². The first kappa shape index (κ1) is 24.6. The summed E-state index contributed by atoms with van der Waals surface area (Å²) in [6.07, 6.45) is 6.58. The molecule has 8 rings (SSSR count). The molecule has 1 aliphatic carbocycles. The average molecular weight is 531 g/mol. The van der Waals surface area contributed by atoms with Crippen molar-refractivity contribution in [1.29, 1.82) is 0 Å². The largest absolute Gasteiger partial charge is 0.311 e. The Balaban J connectivity index is 1.48. The van der Waals surface area contributed by atoms with Crippen molar-refractivity contribution < 1.29 is 0 Å². The smallest absolute Gasteiger partial charge is 0.252 e. The minimum atomic E-state index is 0.188. The van der Waals surface area contributed by atoms with E-state index in [4.69, 9.17) is 0 Å². The fourth-order valence-electron chi connectivity index (χ4n) is 7.66. The summed E-state index contributed by atoms with van der Waals surface area (Å²) in [5.74, 6) is 0.609. The first-order valence-electron chi connectivity index (χ1n) is 15.3. The van der Waals surface area contributed by atoms with E-state index in [-0.39, 0.29) is 6.71 Å². The van der Waals surface area contributed by atoms with Gasteiger partial charge in [-0.2, -0.15) is 0 Å². The highest BCUT2D eigenvalue weighted by Crippen LogP contribution is 2.46. The Morgan fingerprint density at radius 2 is 1.20 bits per heavy atom. The van der Waals surface area contributed by atoms with E-state index in [1.54, 1.807) is 0 Å². The lowest BCUT2D eigenvalue weighted by atomic mass is 9.33. The van der Waals surface area contributed by atoms with Gasteiger partial charge < -0.3 is 9.80 Å². The van der Waals surface area contributed by atoms with Crippen LogP contribution >= 0.6 is 0 Å². The summed E-state index contributed by atoms with van der Waals surface area (Å²) < 4.78 is 0. The van der Waals surface area contributed by atoms with Gasteiger partial charge in [-0.05, 0) is 109 Å². The molecular weight excluding hydrogens is 495 g/mol. The number of rotatable bonds is 3. The zero-order valence-corrected chi connectivity index (χ0v) is 24.0. The number of nitrogens with zero attached hydrogens (tertiary/aromatic N) is 2. The van der Waals surface area contributed by atoms with Crippen LogP contribution in [0, 0.1) is 13.8 Å². The van der Waals surface area contributed by atoms with E-state index in [0.717, 1.165) is 0 Å². The van der Waals surface area contributed by atoms with Crippen LogP contribution in [0.3, 0.4) is 0 Å². The van der Waals surface area contributed by atoms with Gasteiger partial charge in [-0.3, -0.25) is 0 Å². The lowest BCUT2D eigenvalue weighted by molar-refractivity contribution is 0.444. The topological polar surface area (TPSA) is 6.48 Å². The van der Waals surface area contributed by atoms with E-state index in [9.17, 15) is 0 Å². The summed E-state index contributed by atoms with van der Waals surface area (Å²) in [6.45, 7) is 4.62. The maximum absolute atomic E-state index is 2.56. The van der Waals surface area contributed by atoms with Crippen LogP contribution in [0.5, 0.6) is 0 Å². The molecule has 5 aromatic rings. The third kappa shape index (κ3) is 3.94. The Labute approximate surface area is 244 Å². The van der Waals surface area contributed by atoms with Crippen LogP contribution in [0.1, 0.15) is 54.7 Å². The molecule has 0 bridgehead atoms. The zero-order valence-electron chi connectivity index (χ0n) is 24.0. The van der Waals surface area contributed by atoms with Crippen LogP contribution in [0.15, 0.2) is 109 Å². The second kappa shape index (κ2) is 9.70. The minimum Gasteiger partial charge on any atom is -0.311 e. The zero-order chi connectivity index (χ0) is 27.5. The van der Waals surface area contributed by atoms with Crippen LogP contribution in [0.2, 0.25) is 0 Å². The van der Waals surface area contributed by atoms with Crippen molar-refractivity contribution in [3.8, 4) is 0 Å². The van der Waals surface area contributed by atoms with Gasteiger partial charge >= 0.3 is 0 Å². The van der Waals surface area contributed by atoms with E-state index in [0.29, 0.717) is 5.92 Å². The molecule has 2 heterocycles. The number of hydrogen-bond donors (Lipinski definition) is 0. The predicted octanol–water partition coefficient (Wildman–Crippen LogP) is 8.43. The van der Waals surface area contributed by atoms with Crippen LogP contribution in [-0.4, -0.2) is 6.71 Å². The Bertz CT molecular complexity index is 1770. The number of aryl methyl sites for hydroxylation is 2. The number of benzene rings is 5. The lowest BCUT2D eigenvalue weighted by Crippen LogP contribution is -2.61. The summed E-state index contributed by atoms with van der Waals surface area (Å²) in [6, 6.07) is 41.3. The molecule has 1 fully saturated rings. The summed E-state index contributed by atoms with van der Waals surface area (Å²) >= 11 is 0. The maximum atomic E-state index is 2.56. The molecule has 0 atom stereocenters. The second-order valence-electron chi connectivity index (χ2n) is 12.2. The minimum absolute atomic E-state index is 0.188. The molecule has 0 radical (unpaired) electrons. The van der Waals surface area contributed by atoms with Gasteiger partial charge in [-0.15, -0.1) is 0 Å². The van der Waals surface area contributed by atoms with Crippen molar-refractivity contribution in [1.82, 2.24) is 0 Å². The molecule has 0 aromatic heterocycles. The summed E-state index contributed by atoms with van der Waals surface area (Å²) in [4.78, 5) is 5.09. The Morgan fingerprint density at radius 1 is 0.537 bits per heavy atom. The first-order chi connectivity index (χ1) is 20.2. The van der Waals surface area contributed by atoms with Crippen molar-refractivity contribution in [2.24, 2.45) is 0 Å². The van der Waals surface area contributed by atoms with E-state index in [1.165, 1.54) is 99.3 Å².